The zero-order chi connectivity index (χ0) is 33.0. The Morgan fingerprint density at radius 2 is 1.98 bits per heavy atom. The Morgan fingerprint density at radius 3 is 2.67 bits per heavy atom. The van der Waals surface area contributed by atoms with E-state index in [0.29, 0.717) is 41.7 Å². The molecule has 0 aliphatic carbocycles. The molecule has 0 atom stereocenters. The zero-order valence-electron chi connectivity index (χ0n) is 27.7. The molecule has 1 fully saturated rings. The van der Waals surface area contributed by atoms with Crippen molar-refractivity contribution in [3.05, 3.63) is 63.7 Å². The van der Waals surface area contributed by atoms with Gasteiger partial charge in [0.05, 0.1) is 31.1 Å². The summed E-state index contributed by atoms with van der Waals surface area (Å²) in [6.07, 6.45) is 11.3. The second-order valence-electron chi connectivity index (χ2n) is 10.9. The first-order valence-corrected chi connectivity index (χ1v) is 15.6. The molecule has 2 aliphatic rings. The van der Waals surface area contributed by atoms with Crippen LogP contribution in [0.1, 0.15) is 50.8 Å². The molecular formula is C34H51N7O4. The van der Waals surface area contributed by atoms with Gasteiger partial charge >= 0.3 is 0 Å². The third-order valence-electron chi connectivity index (χ3n) is 7.15. The Hall–Kier alpha value is -3.93. The number of aromatic nitrogens is 2. The Balaban J connectivity index is 0.000000311. The van der Waals surface area contributed by atoms with Crippen molar-refractivity contribution in [2.45, 2.75) is 46.5 Å². The maximum atomic E-state index is 12.5. The predicted molar refractivity (Wildman–Crippen MR) is 184 cm³/mol. The highest BCUT2D eigenvalue weighted by Gasteiger charge is 2.17. The Morgan fingerprint density at radius 1 is 1.22 bits per heavy atom. The molecule has 0 saturated carbocycles. The van der Waals surface area contributed by atoms with E-state index in [2.05, 4.69) is 49.3 Å². The van der Waals surface area contributed by atoms with Gasteiger partial charge < -0.3 is 34.9 Å². The fourth-order valence-electron chi connectivity index (χ4n) is 4.80. The molecule has 3 N–H and O–H groups in total. The number of carbonyl (C=O) groups is 1. The molecule has 0 spiro atoms. The molecule has 3 heterocycles. The van der Waals surface area contributed by atoms with Crippen LogP contribution in [0.3, 0.4) is 0 Å². The van der Waals surface area contributed by atoms with Crippen LogP contribution in [0.4, 0.5) is 5.69 Å². The number of aromatic amines is 1. The van der Waals surface area contributed by atoms with Crippen LogP contribution in [0.2, 0.25) is 0 Å². The van der Waals surface area contributed by atoms with Crippen LogP contribution >= 0.6 is 0 Å². The number of likely N-dealkylation sites (N-methyl/N-ethyl adjacent to an activating group) is 1. The van der Waals surface area contributed by atoms with Crippen LogP contribution in [0.25, 0.3) is 11.4 Å². The second-order valence-corrected chi connectivity index (χ2v) is 10.9. The summed E-state index contributed by atoms with van der Waals surface area (Å²) in [4.78, 5) is 36.9. The maximum Gasteiger partial charge on any atom is 0.275 e. The molecule has 2 aliphatic heterocycles. The molecule has 1 aromatic carbocycles. The van der Waals surface area contributed by atoms with E-state index in [1.54, 1.807) is 7.05 Å². The summed E-state index contributed by atoms with van der Waals surface area (Å²) >= 11 is 0. The average molecular weight is 622 g/mol. The highest BCUT2D eigenvalue weighted by atomic mass is 16.5. The highest BCUT2D eigenvalue weighted by molar-refractivity contribution is 6.01. The minimum atomic E-state index is -0.286. The van der Waals surface area contributed by atoms with Crippen molar-refractivity contribution in [1.82, 2.24) is 19.8 Å². The molecule has 45 heavy (non-hydrogen) atoms. The molecule has 0 unspecified atom stereocenters. The van der Waals surface area contributed by atoms with Crippen LogP contribution in [-0.2, 0) is 9.53 Å². The average Bonchev–Trinajstić information content (AvgIpc) is 3.33. The summed E-state index contributed by atoms with van der Waals surface area (Å²) in [5.74, 6) is 1.11. The van der Waals surface area contributed by atoms with E-state index in [-0.39, 0.29) is 5.56 Å². The minimum absolute atomic E-state index is 0.286. The molecule has 1 saturated heterocycles. The van der Waals surface area contributed by atoms with Gasteiger partial charge in [-0.2, -0.15) is 0 Å². The van der Waals surface area contributed by atoms with Crippen LogP contribution in [0.5, 0.6) is 5.75 Å². The Kier molecular flexibility index (Phi) is 17.3. The number of morpholine rings is 1. The van der Waals surface area contributed by atoms with E-state index >= 15 is 0 Å². The summed E-state index contributed by atoms with van der Waals surface area (Å²) in [5.41, 5.74) is 3.99. The first-order chi connectivity index (χ1) is 21.9. The van der Waals surface area contributed by atoms with Gasteiger partial charge in [0.2, 0.25) is 0 Å². The fourth-order valence-corrected chi connectivity index (χ4v) is 4.80. The maximum absolute atomic E-state index is 12.5. The summed E-state index contributed by atoms with van der Waals surface area (Å²) in [5, 5.41) is 11.1. The summed E-state index contributed by atoms with van der Waals surface area (Å²) in [6.45, 7) is 15.8. The standard InChI is InChI=1S/C19H26N4O2.C14H23N3O.CH2O/c1-5-7-14(20)16-17(21-4)19(24)23-18(22-16)13-11-12(3)8-9-15(13)25-10-6-2;1-16(7-8-17-9-11-18-12-10-17)13-14-3-2-5-15-6-4-14;1-2/h8-9,11,20-21H,5-7,10H2,1-4H3,(H,22,23,24);2,4-6H,3,7-13H2,1H3;1H2. The van der Waals surface area contributed by atoms with E-state index in [1.807, 2.05) is 58.2 Å². The van der Waals surface area contributed by atoms with Gasteiger partial charge in [0.15, 0.2) is 0 Å². The number of rotatable bonds is 13. The first kappa shape index (κ1) is 37.3. The molecule has 0 bridgehead atoms. The van der Waals surface area contributed by atoms with Crippen LogP contribution in [0, 0.1) is 12.3 Å². The second kappa shape index (κ2) is 20.9. The Labute approximate surface area is 268 Å². The molecule has 1 aromatic heterocycles. The zero-order valence-corrected chi connectivity index (χ0v) is 27.7. The number of H-pyrrole nitrogens is 1. The number of hydrogen-bond donors (Lipinski definition) is 3. The number of ether oxygens (including phenoxy) is 2. The quantitative estimate of drug-likeness (QED) is 0.273. The van der Waals surface area contributed by atoms with Crippen molar-refractivity contribution in [2.75, 3.05) is 72.0 Å². The highest BCUT2D eigenvalue weighted by Crippen LogP contribution is 2.29. The summed E-state index contributed by atoms with van der Waals surface area (Å²) in [6, 6.07) is 5.80. The molecule has 246 valence electrons. The number of hydrogen-bond acceptors (Lipinski definition) is 10. The van der Waals surface area contributed by atoms with E-state index < -0.39 is 0 Å². The first-order valence-electron chi connectivity index (χ1n) is 15.6. The van der Waals surface area contributed by atoms with Gasteiger partial charge in [0.1, 0.15) is 29.7 Å². The van der Waals surface area contributed by atoms with Gasteiger partial charge in [-0.05, 0) is 51.4 Å². The lowest BCUT2D eigenvalue weighted by atomic mass is 10.1. The van der Waals surface area contributed by atoms with Crippen molar-refractivity contribution >= 4 is 24.4 Å². The predicted octanol–water partition coefficient (Wildman–Crippen LogP) is 4.72. The molecule has 11 heteroatoms. The summed E-state index contributed by atoms with van der Waals surface area (Å²) < 4.78 is 11.2. The van der Waals surface area contributed by atoms with Crippen molar-refractivity contribution in [2.24, 2.45) is 4.99 Å². The molecule has 0 radical (unpaired) electrons. The van der Waals surface area contributed by atoms with Crippen molar-refractivity contribution in [1.29, 1.82) is 5.41 Å². The lowest BCUT2D eigenvalue weighted by Crippen LogP contribution is -2.41. The Bertz CT molecular complexity index is 1350. The van der Waals surface area contributed by atoms with Crippen molar-refractivity contribution in [3.8, 4) is 17.1 Å². The number of benzene rings is 1. The van der Waals surface area contributed by atoms with Crippen LogP contribution in [0.15, 0.2) is 51.9 Å². The van der Waals surface area contributed by atoms with Crippen molar-refractivity contribution < 1.29 is 14.3 Å². The normalized spacial score (nSPS) is 14.4. The number of anilines is 1. The van der Waals surface area contributed by atoms with E-state index in [1.165, 1.54) is 5.57 Å². The summed E-state index contributed by atoms with van der Waals surface area (Å²) in [7, 11) is 3.85. The third-order valence-corrected chi connectivity index (χ3v) is 7.15. The minimum Gasteiger partial charge on any atom is -0.493 e. The SMILES string of the molecule is C=O.CCCOc1ccc(C)cc1-c1nc(C(=N)CCC)c(NC)c(=O)[nH]1.CN(CCN1CCOCC1)CC1=CC=NC=CC1. The van der Waals surface area contributed by atoms with Gasteiger partial charge in [-0.1, -0.05) is 43.5 Å². The monoisotopic (exact) mass is 621 g/mol. The molecule has 2 aromatic rings. The van der Waals surface area contributed by atoms with Gasteiger partial charge in [0.25, 0.3) is 5.56 Å². The van der Waals surface area contributed by atoms with Gasteiger partial charge in [0, 0.05) is 52.2 Å². The molecular weight excluding hydrogens is 570 g/mol. The van der Waals surface area contributed by atoms with Crippen molar-refractivity contribution in [3.63, 3.8) is 0 Å². The number of aliphatic imine (C=N–C) groups is 1. The topological polar surface area (TPSA) is 136 Å². The number of aryl methyl sites for hydroxylation is 1. The number of allylic oxidation sites excluding steroid dienone is 2. The number of nitrogens with one attached hydrogen (secondary N) is 3. The van der Waals surface area contributed by atoms with Crippen LogP contribution in [-0.4, -0.2) is 105 Å². The van der Waals surface area contributed by atoms with E-state index in [9.17, 15) is 4.79 Å². The van der Waals surface area contributed by atoms with Gasteiger partial charge in [-0.25, -0.2) is 4.98 Å². The number of nitrogens with zero attached hydrogens (tertiary/aromatic N) is 4. The van der Waals surface area contributed by atoms with Gasteiger partial charge in [-0.3, -0.25) is 14.7 Å². The fraction of sp³-hybridized carbons (Fsp3) is 0.500. The van der Waals surface area contributed by atoms with E-state index in [0.717, 1.165) is 76.3 Å². The lowest BCUT2D eigenvalue weighted by molar-refractivity contribution is -0.0980. The van der Waals surface area contributed by atoms with Gasteiger partial charge in [-0.15, -0.1) is 0 Å². The number of carbonyl (C=O) groups excluding carboxylic acids is 1. The molecule has 11 nitrogen and oxygen atoms in total. The molecule has 4 rings (SSSR count). The smallest absolute Gasteiger partial charge is 0.275 e. The van der Waals surface area contributed by atoms with Crippen LogP contribution < -0.4 is 15.6 Å². The molecule has 0 amide bonds. The lowest BCUT2D eigenvalue weighted by Gasteiger charge is -2.28. The van der Waals surface area contributed by atoms with E-state index in [4.69, 9.17) is 19.7 Å². The third kappa shape index (κ3) is 12.5. The largest absolute Gasteiger partial charge is 0.493 e.